The summed E-state index contributed by atoms with van der Waals surface area (Å²) < 4.78 is 32.9. The first-order valence-corrected chi connectivity index (χ1v) is 12.6. The number of anilines is 1. The van der Waals surface area contributed by atoms with Crippen LogP contribution in [0.1, 0.15) is 43.2 Å². The molecule has 1 aromatic carbocycles. The normalized spacial score (nSPS) is 20.4. The number of hydrogen-bond acceptors (Lipinski definition) is 6. The Bertz CT molecular complexity index is 1230. The Morgan fingerprint density at radius 2 is 1.83 bits per heavy atom. The van der Waals surface area contributed by atoms with Crippen LogP contribution in [0, 0.1) is 6.92 Å². The number of hydrogen-bond donors (Lipinski definition) is 1. The minimum Gasteiger partial charge on any atom is -0.475 e. The van der Waals surface area contributed by atoms with Crippen LogP contribution in [-0.4, -0.2) is 56.7 Å². The number of aryl methyl sites for hydroxylation is 1. The van der Waals surface area contributed by atoms with E-state index in [4.69, 9.17) is 9.90 Å². The van der Waals surface area contributed by atoms with E-state index in [-0.39, 0.29) is 5.54 Å². The number of amides is 1. The van der Waals surface area contributed by atoms with Gasteiger partial charge in [0.25, 0.3) is 0 Å². The fraction of sp³-hybridized carbons (Fsp3) is 0.440. The van der Waals surface area contributed by atoms with Crippen LogP contribution in [0.4, 0.5) is 19.0 Å². The van der Waals surface area contributed by atoms with Gasteiger partial charge in [0.1, 0.15) is 12.1 Å². The zero-order valence-electron chi connectivity index (χ0n) is 19.8. The quantitative estimate of drug-likeness (QED) is 0.512. The van der Waals surface area contributed by atoms with Crippen molar-refractivity contribution in [3.63, 3.8) is 0 Å². The molecule has 36 heavy (non-hydrogen) atoms. The molecule has 1 amide bonds. The summed E-state index contributed by atoms with van der Waals surface area (Å²) in [6, 6.07) is 10.7. The minimum atomic E-state index is -5.08. The van der Waals surface area contributed by atoms with E-state index >= 15 is 0 Å². The van der Waals surface area contributed by atoms with Gasteiger partial charge in [-0.3, -0.25) is 4.79 Å². The van der Waals surface area contributed by atoms with Crippen LogP contribution in [0.15, 0.2) is 42.0 Å². The number of rotatable bonds is 3. The zero-order valence-corrected chi connectivity index (χ0v) is 20.6. The summed E-state index contributed by atoms with van der Waals surface area (Å²) in [6.45, 7) is 4.74. The number of benzene rings is 1. The number of fused-ring (bicyclic) bond motifs is 1. The average molecular weight is 521 g/mol. The van der Waals surface area contributed by atoms with Crippen LogP contribution in [0.25, 0.3) is 10.2 Å². The molecule has 11 heteroatoms. The van der Waals surface area contributed by atoms with Crippen molar-refractivity contribution in [2.45, 2.75) is 57.3 Å². The van der Waals surface area contributed by atoms with Crippen molar-refractivity contribution in [3.8, 4) is 0 Å². The van der Waals surface area contributed by atoms with Crippen molar-refractivity contribution in [2.75, 3.05) is 18.0 Å². The molecule has 0 aliphatic carbocycles. The Balaban J connectivity index is 0.000000384. The molecule has 5 rings (SSSR count). The van der Waals surface area contributed by atoms with Gasteiger partial charge < -0.3 is 14.9 Å². The van der Waals surface area contributed by atoms with Gasteiger partial charge in [0.05, 0.1) is 10.2 Å². The number of aliphatic carboxylic acids is 1. The second kappa shape index (κ2) is 10.4. The largest absolute Gasteiger partial charge is 0.490 e. The molecule has 2 aliphatic rings. The molecular formula is C25H27F3N4O3S. The standard InChI is InChI=1S/C23H26N4OS.C2HF3O2/c1-17-3-5-18(6-4-17)15-27-20(28)7-10-23(27)9-2-12-26(13-11-23)22-21-19(8-14-29-21)24-16-25-22;3-2(4,5)1(6)7/h3-6,8,14,16H,2,7,9-13,15H2,1H3;(H,6,7). The lowest BCUT2D eigenvalue weighted by molar-refractivity contribution is -0.192. The lowest BCUT2D eigenvalue weighted by Crippen LogP contribution is -2.46. The van der Waals surface area contributed by atoms with Crippen molar-refractivity contribution < 1.29 is 27.9 Å². The van der Waals surface area contributed by atoms with Crippen LogP contribution in [-0.2, 0) is 16.1 Å². The minimum absolute atomic E-state index is 0.0156. The second-order valence-electron chi connectivity index (χ2n) is 9.17. The first-order valence-electron chi connectivity index (χ1n) is 11.7. The summed E-state index contributed by atoms with van der Waals surface area (Å²) in [7, 11) is 0. The van der Waals surface area contributed by atoms with Gasteiger partial charge in [0.15, 0.2) is 0 Å². The van der Waals surface area contributed by atoms with Gasteiger partial charge in [0.2, 0.25) is 5.91 Å². The highest BCUT2D eigenvalue weighted by Crippen LogP contribution is 2.41. The maximum Gasteiger partial charge on any atom is 0.490 e. The van der Waals surface area contributed by atoms with E-state index in [1.54, 1.807) is 17.7 Å². The maximum atomic E-state index is 12.8. The zero-order chi connectivity index (χ0) is 25.9. The average Bonchev–Trinajstić information content (AvgIpc) is 3.36. The first kappa shape index (κ1) is 25.9. The highest BCUT2D eigenvalue weighted by Gasteiger charge is 2.45. The Kier molecular flexibility index (Phi) is 7.49. The fourth-order valence-electron chi connectivity index (χ4n) is 4.92. The highest BCUT2D eigenvalue weighted by molar-refractivity contribution is 7.17. The molecule has 2 fully saturated rings. The predicted octanol–water partition coefficient (Wildman–Crippen LogP) is 5.18. The van der Waals surface area contributed by atoms with Crippen molar-refractivity contribution in [2.24, 2.45) is 0 Å². The molecule has 1 unspecified atom stereocenters. The van der Waals surface area contributed by atoms with Crippen LogP contribution in [0.2, 0.25) is 0 Å². The Morgan fingerprint density at radius 3 is 2.53 bits per heavy atom. The topological polar surface area (TPSA) is 86.6 Å². The van der Waals surface area contributed by atoms with E-state index in [1.165, 1.54) is 15.8 Å². The molecule has 2 saturated heterocycles. The number of carboxylic acids is 1. The van der Waals surface area contributed by atoms with Gasteiger partial charge in [-0.05, 0) is 49.6 Å². The molecule has 2 aliphatic heterocycles. The summed E-state index contributed by atoms with van der Waals surface area (Å²) in [5.74, 6) is -1.40. The van der Waals surface area contributed by atoms with E-state index in [0.29, 0.717) is 12.3 Å². The number of thiophene rings is 1. The molecular weight excluding hydrogens is 493 g/mol. The van der Waals surface area contributed by atoms with Gasteiger partial charge in [-0.15, -0.1) is 11.3 Å². The van der Waals surface area contributed by atoms with Crippen molar-refractivity contribution in [3.05, 3.63) is 53.2 Å². The summed E-state index contributed by atoms with van der Waals surface area (Å²) in [6.07, 6.45) is 1.39. The number of likely N-dealkylation sites (tertiary alicyclic amines) is 1. The monoisotopic (exact) mass is 520 g/mol. The molecule has 0 radical (unpaired) electrons. The van der Waals surface area contributed by atoms with Crippen molar-refractivity contribution in [1.82, 2.24) is 14.9 Å². The van der Waals surface area contributed by atoms with Gasteiger partial charge in [-0.2, -0.15) is 13.2 Å². The Hall–Kier alpha value is -3.21. The Labute approximate surface area is 210 Å². The molecule has 2 aromatic heterocycles. The van der Waals surface area contributed by atoms with Crippen LogP contribution >= 0.6 is 11.3 Å². The molecule has 1 atom stereocenters. The smallest absolute Gasteiger partial charge is 0.475 e. The number of carboxylic acid groups (broad SMARTS) is 1. The molecule has 4 heterocycles. The summed E-state index contributed by atoms with van der Waals surface area (Å²) >= 11 is 1.71. The van der Waals surface area contributed by atoms with Crippen molar-refractivity contribution in [1.29, 1.82) is 0 Å². The third kappa shape index (κ3) is 5.61. The van der Waals surface area contributed by atoms with Gasteiger partial charge in [0, 0.05) is 31.6 Å². The molecule has 0 saturated carbocycles. The molecule has 1 spiro atoms. The number of alkyl halides is 3. The summed E-state index contributed by atoms with van der Waals surface area (Å²) in [5, 5.41) is 9.21. The van der Waals surface area contributed by atoms with E-state index in [0.717, 1.165) is 56.7 Å². The molecule has 1 N–H and O–H groups in total. The lowest BCUT2D eigenvalue weighted by Gasteiger charge is -2.38. The highest BCUT2D eigenvalue weighted by atomic mass is 32.1. The first-order chi connectivity index (χ1) is 17.1. The van der Waals surface area contributed by atoms with E-state index in [2.05, 4.69) is 62.4 Å². The molecule has 192 valence electrons. The number of aromatic nitrogens is 2. The summed E-state index contributed by atoms with van der Waals surface area (Å²) in [4.78, 5) is 35.3. The van der Waals surface area contributed by atoms with Crippen molar-refractivity contribution >= 4 is 39.2 Å². The van der Waals surface area contributed by atoms with Gasteiger partial charge in [-0.1, -0.05) is 29.8 Å². The SMILES string of the molecule is Cc1ccc(CN2C(=O)CCC23CCCN(c2ncnc4ccsc24)CC3)cc1.O=C(O)C(F)(F)F. The Morgan fingerprint density at radius 1 is 1.11 bits per heavy atom. The number of carbonyl (C=O) groups is 2. The molecule has 0 bridgehead atoms. The predicted molar refractivity (Wildman–Crippen MR) is 131 cm³/mol. The van der Waals surface area contributed by atoms with E-state index in [1.807, 2.05) is 0 Å². The lowest BCUT2D eigenvalue weighted by atomic mass is 9.87. The molecule has 7 nitrogen and oxygen atoms in total. The van der Waals surface area contributed by atoms with Crippen LogP contribution in [0.3, 0.4) is 0 Å². The van der Waals surface area contributed by atoms with Crippen LogP contribution in [0.5, 0.6) is 0 Å². The summed E-state index contributed by atoms with van der Waals surface area (Å²) in [5.41, 5.74) is 3.49. The number of carbonyl (C=O) groups excluding carboxylic acids is 1. The van der Waals surface area contributed by atoms with Gasteiger partial charge in [-0.25, -0.2) is 14.8 Å². The molecule has 3 aromatic rings. The fourth-order valence-corrected chi connectivity index (χ4v) is 5.78. The van der Waals surface area contributed by atoms with E-state index in [9.17, 15) is 18.0 Å². The third-order valence-electron chi connectivity index (χ3n) is 6.82. The van der Waals surface area contributed by atoms with Crippen LogP contribution < -0.4 is 4.90 Å². The third-order valence-corrected chi connectivity index (χ3v) is 7.72. The second-order valence-corrected chi connectivity index (χ2v) is 10.1. The van der Waals surface area contributed by atoms with E-state index < -0.39 is 12.1 Å². The van der Waals surface area contributed by atoms with Gasteiger partial charge >= 0.3 is 12.1 Å². The maximum absolute atomic E-state index is 12.8. The number of halogens is 3. The number of nitrogens with zero attached hydrogens (tertiary/aromatic N) is 4.